The first-order valence-corrected chi connectivity index (χ1v) is 11.3. The molecule has 0 radical (unpaired) electrons. The van der Waals surface area contributed by atoms with Gasteiger partial charge in [0.1, 0.15) is 5.75 Å². The van der Waals surface area contributed by atoms with Gasteiger partial charge in [-0.25, -0.2) is 18.5 Å². The number of imidazole rings is 1. The van der Waals surface area contributed by atoms with E-state index in [0.29, 0.717) is 12.1 Å². The number of fused-ring (bicyclic) bond motifs is 1. The van der Waals surface area contributed by atoms with Crippen LogP contribution in [0.5, 0.6) is 5.75 Å². The lowest BCUT2D eigenvalue weighted by Crippen LogP contribution is -2.11. The summed E-state index contributed by atoms with van der Waals surface area (Å²) in [6.07, 6.45) is 0.979. The van der Waals surface area contributed by atoms with Crippen LogP contribution in [0, 0.1) is 0 Å². The number of nitrogens with zero attached hydrogens (tertiary/aromatic N) is 2. The third-order valence-corrected chi connectivity index (χ3v) is 6.07. The van der Waals surface area contributed by atoms with Gasteiger partial charge in [0, 0.05) is 12.3 Å². The summed E-state index contributed by atoms with van der Waals surface area (Å²) in [5.41, 5.74) is 2.77. The van der Waals surface area contributed by atoms with Crippen LogP contribution in [0.3, 0.4) is 0 Å². The minimum atomic E-state index is -3.74. The number of nitrogens with two attached hydrogens (primary N) is 1. The lowest BCUT2D eigenvalue weighted by Gasteiger charge is -2.08. The van der Waals surface area contributed by atoms with E-state index in [2.05, 4.69) is 28.6 Å². The molecule has 6 nitrogen and oxygen atoms in total. The van der Waals surface area contributed by atoms with E-state index in [1.807, 2.05) is 19.1 Å². The maximum Gasteiger partial charge on any atom is 0.238 e. The van der Waals surface area contributed by atoms with Crippen molar-refractivity contribution in [3.63, 3.8) is 0 Å². The Morgan fingerprint density at radius 3 is 2.70 bits per heavy atom. The van der Waals surface area contributed by atoms with Gasteiger partial charge in [0.05, 0.1) is 22.5 Å². The monoisotopic (exact) mass is 405 g/mol. The van der Waals surface area contributed by atoms with Crippen molar-refractivity contribution in [1.29, 1.82) is 0 Å². The highest BCUT2D eigenvalue weighted by molar-refractivity contribution is 7.99. The normalized spacial score (nSPS) is 11.8. The lowest BCUT2D eigenvalue weighted by atomic mass is 10.2. The molecule has 0 bridgehead atoms. The summed E-state index contributed by atoms with van der Waals surface area (Å²) in [7, 11) is -3.74. The minimum absolute atomic E-state index is 0.0754. The summed E-state index contributed by atoms with van der Waals surface area (Å²) < 4.78 is 31.0. The molecule has 8 heteroatoms. The highest BCUT2D eigenvalue weighted by Gasteiger charge is 2.14. The fourth-order valence-electron chi connectivity index (χ4n) is 2.83. The molecule has 0 aliphatic carbocycles. The summed E-state index contributed by atoms with van der Waals surface area (Å²) in [4.78, 5) is 4.66. The number of aromatic nitrogens is 2. The molecule has 0 saturated heterocycles. The van der Waals surface area contributed by atoms with Crippen LogP contribution in [-0.2, 0) is 23.0 Å². The molecule has 0 aliphatic rings. The average Bonchev–Trinajstić information content (AvgIpc) is 3.01. The molecule has 2 N–H and O–H groups in total. The first-order chi connectivity index (χ1) is 12.9. The van der Waals surface area contributed by atoms with Crippen LogP contribution in [0.15, 0.2) is 52.5 Å². The zero-order chi connectivity index (χ0) is 19.4. The van der Waals surface area contributed by atoms with Crippen molar-refractivity contribution in [2.75, 3.05) is 12.4 Å². The number of primary sulfonamides is 1. The van der Waals surface area contributed by atoms with Crippen molar-refractivity contribution in [3.8, 4) is 5.75 Å². The number of sulfonamides is 1. The van der Waals surface area contributed by atoms with Gasteiger partial charge in [-0.3, -0.25) is 0 Å². The van der Waals surface area contributed by atoms with E-state index >= 15 is 0 Å². The van der Waals surface area contributed by atoms with Gasteiger partial charge < -0.3 is 9.30 Å². The zero-order valence-corrected chi connectivity index (χ0v) is 17.0. The van der Waals surface area contributed by atoms with Gasteiger partial charge in [0.2, 0.25) is 10.0 Å². The van der Waals surface area contributed by atoms with Crippen molar-refractivity contribution >= 4 is 32.8 Å². The van der Waals surface area contributed by atoms with Gasteiger partial charge in [0.15, 0.2) is 5.16 Å². The number of hydrogen-bond acceptors (Lipinski definition) is 5. The van der Waals surface area contributed by atoms with Gasteiger partial charge in [-0.15, -0.1) is 0 Å². The Balaban J connectivity index is 1.70. The molecule has 0 saturated carbocycles. The summed E-state index contributed by atoms with van der Waals surface area (Å²) in [6.45, 7) is 5.46. The topological polar surface area (TPSA) is 87.2 Å². The van der Waals surface area contributed by atoms with Gasteiger partial charge in [-0.2, -0.15) is 0 Å². The van der Waals surface area contributed by atoms with Crippen LogP contribution >= 0.6 is 11.8 Å². The van der Waals surface area contributed by atoms with Crippen LogP contribution in [0.25, 0.3) is 11.0 Å². The van der Waals surface area contributed by atoms with Gasteiger partial charge in [-0.05, 0) is 49.2 Å². The van der Waals surface area contributed by atoms with Crippen molar-refractivity contribution in [2.24, 2.45) is 5.14 Å². The average molecular weight is 406 g/mol. The molecule has 2 aromatic carbocycles. The molecule has 27 heavy (non-hydrogen) atoms. The number of rotatable bonds is 8. The van der Waals surface area contributed by atoms with Crippen molar-refractivity contribution in [3.05, 3.63) is 48.0 Å². The van der Waals surface area contributed by atoms with E-state index in [1.54, 1.807) is 17.8 Å². The van der Waals surface area contributed by atoms with Gasteiger partial charge in [-0.1, -0.05) is 30.8 Å². The van der Waals surface area contributed by atoms with Gasteiger partial charge in [0.25, 0.3) is 0 Å². The summed E-state index contributed by atoms with van der Waals surface area (Å²) in [5.74, 6) is 1.61. The van der Waals surface area contributed by atoms with Crippen LogP contribution in [-0.4, -0.2) is 30.3 Å². The molecule has 0 aliphatic heterocycles. The van der Waals surface area contributed by atoms with E-state index in [0.717, 1.165) is 35.1 Å². The molecule has 0 unspecified atom stereocenters. The fourth-order valence-corrected chi connectivity index (χ4v) is 4.26. The van der Waals surface area contributed by atoms with Crippen LogP contribution < -0.4 is 9.88 Å². The number of thioether (sulfide) groups is 1. The highest BCUT2D eigenvalue weighted by Crippen LogP contribution is 2.26. The van der Waals surface area contributed by atoms with E-state index in [4.69, 9.17) is 9.88 Å². The molecule has 0 amide bonds. The highest BCUT2D eigenvalue weighted by atomic mass is 32.2. The smallest absolute Gasteiger partial charge is 0.238 e. The molecule has 1 aromatic heterocycles. The SMILES string of the molecule is CCc1cccc(OCCSc2nc3cc(S(N)(=O)=O)ccc3n2CC)c1. The maximum atomic E-state index is 11.6. The Labute approximate surface area is 163 Å². The van der Waals surface area contributed by atoms with Crippen LogP contribution in [0.1, 0.15) is 19.4 Å². The quantitative estimate of drug-likeness (QED) is 0.458. The molecule has 1 heterocycles. The summed E-state index contributed by atoms with van der Waals surface area (Å²) in [6, 6.07) is 12.9. The molecular weight excluding hydrogens is 382 g/mol. The third kappa shape index (κ3) is 4.63. The molecule has 3 rings (SSSR count). The molecule has 0 spiro atoms. The Hall–Kier alpha value is -2.03. The number of hydrogen-bond donors (Lipinski definition) is 1. The van der Waals surface area contributed by atoms with Crippen molar-refractivity contribution in [2.45, 2.75) is 36.9 Å². The first kappa shape index (κ1) is 19.7. The van der Waals surface area contributed by atoms with Gasteiger partial charge >= 0.3 is 0 Å². The number of aryl methyl sites for hydroxylation is 2. The molecular formula is C19H23N3O3S2. The number of ether oxygens (including phenoxy) is 1. The lowest BCUT2D eigenvalue weighted by molar-refractivity contribution is 0.343. The Morgan fingerprint density at radius 1 is 1.19 bits per heavy atom. The second-order valence-electron chi connectivity index (χ2n) is 6.03. The minimum Gasteiger partial charge on any atom is -0.493 e. The standard InChI is InChI=1S/C19H23N3O3S2/c1-3-14-6-5-7-15(12-14)25-10-11-26-19-21-17-13-16(27(20,23)24)8-9-18(17)22(19)4-2/h5-9,12-13H,3-4,10-11H2,1-2H3,(H2,20,23,24). The Kier molecular flexibility index (Phi) is 6.08. The largest absolute Gasteiger partial charge is 0.493 e. The molecule has 144 valence electrons. The van der Waals surface area contributed by atoms with E-state index in [9.17, 15) is 8.42 Å². The van der Waals surface area contributed by atoms with E-state index < -0.39 is 10.0 Å². The maximum absolute atomic E-state index is 11.6. The Morgan fingerprint density at radius 2 is 2.00 bits per heavy atom. The van der Waals surface area contributed by atoms with Crippen LogP contribution in [0.4, 0.5) is 0 Å². The molecule has 0 atom stereocenters. The van der Waals surface area contributed by atoms with Crippen LogP contribution in [0.2, 0.25) is 0 Å². The first-order valence-electron chi connectivity index (χ1n) is 8.80. The predicted octanol–water partition coefficient (Wildman–Crippen LogP) is 3.44. The Bertz CT molecular complexity index is 1050. The molecule has 3 aromatic rings. The summed E-state index contributed by atoms with van der Waals surface area (Å²) in [5, 5.41) is 6.05. The van der Waals surface area contributed by atoms with Crippen molar-refractivity contribution < 1.29 is 13.2 Å². The third-order valence-electron chi connectivity index (χ3n) is 4.22. The van der Waals surface area contributed by atoms with E-state index in [1.165, 1.54) is 17.7 Å². The molecule has 0 fully saturated rings. The second-order valence-corrected chi connectivity index (χ2v) is 8.66. The summed E-state index contributed by atoms with van der Waals surface area (Å²) >= 11 is 1.59. The fraction of sp³-hybridized carbons (Fsp3) is 0.316. The van der Waals surface area contributed by atoms with Crippen molar-refractivity contribution in [1.82, 2.24) is 9.55 Å². The van der Waals surface area contributed by atoms with E-state index in [-0.39, 0.29) is 4.90 Å². The second kappa shape index (κ2) is 8.33. The zero-order valence-electron chi connectivity index (χ0n) is 15.4. The predicted molar refractivity (Wildman–Crippen MR) is 109 cm³/mol. The number of benzene rings is 2.